The molecule has 1 aliphatic heterocycles. The van der Waals surface area contributed by atoms with Gasteiger partial charge in [-0.3, -0.25) is 0 Å². The molecule has 25 heavy (non-hydrogen) atoms. The van der Waals surface area contributed by atoms with E-state index >= 15 is 0 Å². The average molecular weight is 353 g/mol. The van der Waals surface area contributed by atoms with Crippen LogP contribution in [0.25, 0.3) is 0 Å². The molecule has 3 rings (SSSR count). The van der Waals surface area contributed by atoms with Crippen molar-refractivity contribution in [3.05, 3.63) is 65.2 Å². The molecule has 0 radical (unpaired) electrons. The van der Waals surface area contributed by atoms with Crippen molar-refractivity contribution in [2.45, 2.75) is 32.5 Å². The summed E-state index contributed by atoms with van der Waals surface area (Å²) >= 11 is 0. The van der Waals surface area contributed by atoms with Gasteiger partial charge >= 0.3 is 0 Å². The number of hydrogen-bond donors (Lipinski definition) is 0. The molecule has 4 heteroatoms. The topological polar surface area (TPSA) is 27.7 Å². The van der Waals surface area contributed by atoms with Crippen molar-refractivity contribution >= 4 is 8.07 Å². The predicted octanol–water partition coefficient (Wildman–Crippen LogP) is 4.54. The van der Waals surface area contributed by atoms with E-state index in [1.54, 1.807) is 0 Å². The van der Waals surface area contributed by atoms with Crippen molar-refractivity contribution in [3.63, 3.8) is 0 Å². The van der Waals surface area contributed by atoms with E-state index in [2.05, 4.69) is 43.2 Å². The van der Waals surface area contributed by atoms with Crippen LogP contribution in [0.4, 0.5) is 0 Å². The van der Waals surface area contributed by atoms with E-state index in [0.717, 1.165) is 22.4 Å². The summed E-state index contributed by atoms with van der Waals surface area (Å²) in [5, 5.41) is 0. The summed E-state index contributed by atoms with van der Waals surface area (Å²) in [6.07, 6.45) is -0.405. The summed E-state index contributed by atoms with van der Waals surface area (Å²) in [4.78, 5) is 0. The van der Waals surface area contributed by atoms with E-state index in [9.17, 15) is 0 Å². The molecule has 2 aromatic carbocycles. The minimum absolute atomic E-state index is 0.405. The number of hydrogen-bond acceptors (Lipinski definition) is 3. The Morgan fingerprint density at radius 1 is 1.00 bits per heavy atom. The fraction of sp³-hybridized carbons (Fsp3) is 0.333. The lowest BCUT2D eigenvalue weighted by Crippen LogP contribution is -2.16. The van der Waals surface area contributed by atoms with E-state index in [1.807, 2.05) is 36.4 Å². The Balaban J connectivity index is 1.91. The molecule has 1 aliphatic rings. The maximum Gasteiger partial charge on any atom is 0.188 e. The van der Waals surface area contributed by atoms with E-state index in [-0.39, 0.29) is 0 Å². The smallest absolute Gasteiger partial charge is 0.188 e. The second kappa shape index (κ2) is 7.88. The summed E-state index contributed by atoms with van der Waals surface area (Å²) in [5.74, 6) is 4.12. The van der Waals surface area contributed by atoms with E-state index < -0.39 is 14.4 Å². The first-order valence-electron chi connectivity index (χ1n) is 8.59. The van der Waals surface area contributed by atoms with Crippen molar-refractivity contribution in [1.82, 2.24) is 0 Å². The third-order valence-corrected chi connectivity index (χ3v) is 4.61. The van der Waals surface area contributed by atoms with Crippen LogP contribution in [0.2, 0.25) is 19.6 Å². The van der Waals surface area contributed by atoms with Gasteiger partial charge in [-0.15, -0.1) is 5.54 Å². The Morgan fingerprint density at radius 3 is 2.40 bits per heavy atom. The van der Waals surface area contributed by atoms with Crippen LogP contribution in [0.15, 0.2) is 48.5 Å². The van der Waals surface area contributed by atoms with Crippen LogP contribution in [0.1, 0.15) is 23.0 Å². The van der Waals surface area contributed by atoms with Crippen LogP contribution < -0.4 is 4.74 Å². The molecule has 1 fully saturated rings. The van der Waals surface area contributed by atoms with Gasteiger partial charge in [-0.05, 0) is 17.7 Å². The quantitative estimate of drug-likeness (QED) is 0.597. The third-order valence-electron chi connectivity index (χ3n) is 3.73. The predicted molar refractivity (Wildman–Crippen MR) is 102 cm³/mol. The summed E-state index contributed by atoms with van der Waals surface area (Å²) in [5.41, 5.74) is 6.39. The standard InChI is InChI=1S/C21H24O3Si/c1-25(2,3)15-12-18-10-7-11-19(20(18)21-22-13-14-23-21)24-16-17-8-5-4-6-9-17/h4-11,21H,13-14,16H2,1-3H3. The highest BCUT2D eigenvalue weighted by molar-refractivity contribution is 6.83. The van der Waals surface area contributed by atoms with E-state index in [1.165, 1.54) is 0 Å². The molecule has 0 saturated carbocycles. The molecule has 0 N–H and O–H groups in total. The zero-order valence-corrected chi connectivity index (χ0v) is 16.0. The number of ether oxygens (including phenoxy) is 3. The molecule has 0 spiro atoms. The first-order valence-corrected chi connectivity index (χ1v) is 12.1. The van der Waals surface area contributed by atoms with Crippen LogP contribution in [0.3, 0.4) is 0 Å². The molecule has 0 bridgehead atoms. The number of rotatable bonds is 4. The van der Waals surface area contributed by atoms with Crippen LogP contribution in [0, 0.1) is 11.5 Å². The molecule has 1 saturated heterocycles. The van der Waals surface area contributed by atoms with Crippen molar-refractivity contribution in [2.75, 3.05) is 13.2 Å². The highest BCUT2D eigenvalue weighted by Gasteiger charge is 2.25. The maximum absolute atomic E-state index is 6.09. The average Bonchev–Trinajstić information content (AvgIpc) is 3.12. The minimum atomic E-state index is -1.47. The van der Waals surface area contributed by atoms with Gasteiger partial charge in [0.1, 0.15) is 20.4 Å². The summed E-state index contributed by atoms with van der Waals surface area (Å²) in [7, 11) is -1.47. The van der Waals surface area contributed by atoms with Crippen molar-refractivity contribution < 1.29 is 14.2 Å². The number of benzene rings is 2. The van der Waals surface area contributed by atoms with Gasteiger partial charge in [-0.25, -0.2) is 0 Å². The van der Waals surface area contributed by atoms with Crippen LogP contribution in [-0.2, 0) is 16.1 Å². The summed E-state index contributed by atoms with van der Waals surface area (Å²) < 4.78 is 17.6. The molecule has 2 aromatic rings. The van der Waals surface area contributed by atoms with Gasteiger partial charge in [-0.1, -0.05) is 62.0 Å². The first-order chi connectivity index (χ1) is 12.0. The van der Waals surface area contributed by atoms with Gasteiger partial charge in [0.2, 0.25) is 0 Å². The molecule has 0 aromatic heterocycles. The van der Waals surface area contributed by atoms with Crippen molar-refractivity contribution in [1.29, 1.82) is 0 Å². The Morgan fingerprint density at radius 2 is 1.72 bits per heavy atom. The highest BCUT2D eigenvalue weighted by atomic mass is 28.3. The van der Waals surface area contributed by atoms with Gasteiger partial charge < -0.3 is 14.2 Å². The molecule has 0 amide bonds. The Hall–Kier alpha value is -2.06. The van der Waals surface area contributed by atoms with Crippen LogP contribution in [-0.4, -0.2) is 21.3 Å². The largest absolute Gasteiger partial charge is 0.488 e. The normalized spacial score (nSPS) is 14.8. The van der Waals surface area contributed by atoms with Crippen LogP contribution in [0.5, 0.6) is 5.75 Å². The Bertz CT molecular complexity index is 763. The second-order valence-electron chi connectivity index (χ2n) is 7.07. The van der Waals surface area contributed by atoms with Crippen molar-refractivity contribution in [2.24, 2.45) is 0 Å². The zero-order valence-electron chi connectivity index (χ0n) is 15.0. The Kier molecular flexibility index (Phi) is 5.59. The second-order valence-corrected chi connectivity index (χ2v) is 11.8. The third kappa shape index (κ3) is 4.96. The van der Waals surface area contributed by atoms with Gasteiger partial charge in [0.15, 0.2) is 6.29 Å². The Labute approximate surface area is 150 Å². The molecule has 130 valence electrons. The molecular weight excluding hydrogens is 328 g/mol. The maximum atomic E-state index is 6.09. The lowest BCUT2D eigenvalue weighted by Gasteiger charge is -2.17. The highest BCUT2D eigenvalue weighted by Crippen LogP contribution is 2.34. The summed E-state index contributed by atoms with van der Waals surface area (Å²) in [6, 6.07) is 16.1. The molecule has 0 atom stereocenters. The molecule has 0 aliphatic carbocycles. The van der Waals surface area contributed by atoms with Gasteiger partial charge in [0, 0.05) is 5.56 Å². The summed E-state index contributed by atoms with van der Waals surface area (Å²) in [6.45, 7) is 8.40. The van der Waals surface area contributed by atoms with Gasteiger partial charge in [0.25, 0.3) is 0 Å². The first kappa shape index (κ1) is 17.8. The zero-order chi connectivity index (χ0) is 17.7. The molecular formula is C21H24O3Si. The SMILES string of the molecule is C[Si](C)(C)C#Cc1cccc(OCc2ccccc2)c1C1OCCO1. The molecule has 1 heterocycles. The lowest BCUT2D eigenvalue weighted by atomic mass is 10.1. The van der Waals surface area contributed by atoms with Gasteiger partial charge in [0.05, 0.1) is 18.8 Å². The van der Waals surface area contributed by atoms with E-state index in [4.69, 9.17) is 14.2 Å². The fourth-order valence-corrected chi connectivity index (χ4v) is 3.05. The van der Waals surface area contributed by atoms with Gasteiger partial charge in [-0.2, -0.15) is 0 Å². The fourth-order valence-electron chi connectivity index (χ4n) is 2.54. The minimum Gasteiger partial charge on any atom is -0.488 e. The van der Waals surface area contributed by atoms with E-state index in [0.29, 0.717) is 19.8 Å². The molecule has 3 nitrogen and oxygen atoms in total. The van der Waals surface area contributed by atoms with Crippen LogP contribution >= 0.6 is 0 Å². The lowest BCUT2D eigenvalue weighted by molar-refractivity contribution is -0.0460. The molecule has 0 unspecified atom stereocenters. The van der Waals surface area contributed by atoms with Crippen molar-refractivity contribution in [3.8, 4) is 17.2 Å². The monoisotopic (exact) mass is 352 g/mol.